The molecule has 1 atom stereocenters. The first-order chi connectivity index (χ1) is 15.6. The molecule has 1 amide bonds. The topological polar surface area (TPSA) is 81.9 Å². The molecule has 4 aromatic rings. The number of rotatable bonds is 7. The number of benzene rings is 2. The standard InChI is InChI=1S/C23H20ClN5O2S/c1-15(22(30)26-19-5-3-4-6-20(19)31-2)32-23-28-27-21(16-11-13-25-14-12-16)29(23)18-9-7-17(24)8-10-18/h3-15H,1-2H3,(H,26,30)/t15-/m1/s1. The maximum Gasteiger partial charge on any atom is 0.237 e. The molecule has 2 heterocycles. The van der Waals surface area contributed by atoms with Crippen LogP contribution in [0.4, 0.5) is 5.69 Å². The van der Waals surface area contributed by atoms with Crippen molar-refractivity contribution in [1.82, 2.24) is 19.7 Å². The lowest BCUT2D eigenvalue weighted by Gasteiger charge is -2.15. The number of carbonyl (C=O) groups excluding carboxylic acids is 1. The number of pyridine rings is 1. The minimum absolute atomic E-state index is 0.171. The summed E-state index contributed by atoms with van der Waals surface area (Å²) in [5, 5.41) is 12.5. The Morgan fingerprint density at radius 1 is 1.06 bits per heavy atom. The number of hydrogen-bond donors (Lipinski definition) is 1. The summed E-state index contributed by atoms with van der Waals surface area (Å²) in [6.45, 7) is 1.82. The minimum Gasteiger partial charge on any atom is -0.495 e. The minimum atomic E-state index is -0.444. The number of anilines is 1. The average Bonchev–Trinajstić information content (AvgIpc) is 3.24. The second kappa shape index (κ2) is 9.84. The summed E-state index contributed by atoms with van der Waals surface area (Å²) < 4.78 is 7.23. The van der Waals surface area contributed by atoms with Gasteiger partial charge in [0.15, 0.2) is 11.0 Å². The van der Waals surface area contributed by atoms with Crippen LogP contribution in [0.1, 0.15) is 6.92 Å². The van der Waals surface area contributed by atoms with Crippen LogP contribution in [0.25, 0.3) is 17.1 Å². The second-order valence-corrected chi connectivity index (χ2v) is 8.55. The number of thioether (sulfide) groups is 1. The Kier molecular flexibility index (Phi) is 6.72. The molecule has 7 nitrogen and oxygen atoms in total. The first kappa shape index (κ1) is 21.9. The molecule has 0 bridgehead atoms. The Labute approximate surface area is 194 Å². The van der Waals surface area contributed by atoms with Crippen molar-refractivity contribution < 1.29 is 9.53 Å². The molecule has 162 valence electrons. The van der Waals surface area contributed by atoms with Gasteiger partial charge in [-0.15, -0.1) is 10.2 Å². The van der Waals surface area contributed by atoms with Gasteiger partial charge in [-0.05, 0) is 55.5 Å². The largest absolute Gasteiger partial charge is 0.495 e. The first-order valence-corrected chi connectivity index (χ1v) is 11.0. The van der Waals surface area contributed by atoms with Gasteiger partial charge in [-0.1, -0.05) is 35.5 Å². The van der Waals surface area contributed by atoms with Crippen molar-refractivity contribution in [3.63, 3.8) is 0 Å². The lowest BCUT2D eigenvalue weighted by atomic mass is 10.2. The van der Waals surface area contributed by atoms with Gasteiger partial charge >= 0.3 is 0 Å². The van der Waals surface area contributed by atoms with Gasteiger partial charge in [-0.2, -0.15) is 0 Å². The average molecular weight is 466 g/mol. The fraction of sp³-hybridized carbons (Fsp3) is 0.130. The number of halogens is 1. The Morgan fingerprint density at radius 2 is 1.78 bits per heavy atom. The maximum atomic E-state index is 12.9. The van der Waals surface area contributed by atoms with E-state index in [0.29, 0.717) is 27.4 Å². The van der Waals surface area contributed by atoms with Gasteiger partial charge in [0.2, 0.25) is 5.91 Å². The zero-order valence-corrected chi connectivity index (χ0v) is 19.0. The number of hydrogen-bond acceptors (Lipinski definition) is 6. The SMILES string of the molecule is COc1ccccc1NC(=O)[C@@H](C)Sc1nnc(-c2ccncc2)n1-c1ccc(Cl)cc1. The molecule has 2 aromatic heterocycles. The monoisotopic (exact) mass is 465 g/mol. The molecule has 0 unspecified atom stereocenters. The van der Waals surface area contributed by atoms with Crippen LogP contribution in [0.15, 0.2) is 78.2 Å². The third kappa shape index (κ3) is 4.76. The number of methoxy groups -OCH3 is 1. The molecule has 4 rings (SSSR count). The quantitative estimate of drug-likeness (QED) is 0.382. The first-order valence-electron chi connectivity index (χ1n) is 9.79. The molecule has 0 aliphatic rings. The van der Waals surface area contributed by atoms with Crippen LogP contribution in [0.2, 0.25) is 5.02 Å². The fourth-order valence-electron chi connectivity index (χ4n) is 3.05. The summed E-state index contributed by atoms with van der Waals surface area (Å²) in [5.74, 6) is 1.08. The number of nitrogens with one attached hydrogen (secondary N) is 1. The summed E-state index contributed by atoms with van der Waals surface area (Å²) in [6.07, 6.45) is 3.40. The fourth-order valence-corrected chi connectivity index (χ4v) is 4.04. The van der Waals surface area contributed by atoms with Crippen LogP contribution in [0.5, 0.6) is 5.75 Å². The number of carbonyl (C=O) groups is 1. The summed E-state index contributed by atoms with van der Waals surface area (Å²) in [5.41, 5.74) is 2.32. The van der Waals surface area contributed by atoms with Crippen LogP contribution < -0.4 is 10.1 Å². The zero-order chi connectivity index (χ0) is 22.5. The van der Waals surface area contributed by atoms with E-state index in [4.69, 9.17) is 16.3 Å². The van der Waals surface area contributed by atoms with E-state index in [9.17, 15) is 4.79 Å². The summed E-state index contributed by atoms with van der Waals surface area (Å²) in [4.78, 5) is 17.0. The van der Waals surface area contributed by atoms with E-state index in [1.165, 1.54) is 11.8 Å². The number of para-hydroxylation sites is 2. The highest BCUT2D eigenvalue weighted by atomic mass is 35.5. The van der Waals surface area contributed by atoms with Crippen molar-refractivity contribution in [3.8, 4) is 22.8 Å². The highest BCUT2D eigenvalue weighted by Gasteiger charge is 2.22. The Hall–Kier alpha value is -3.36. The third-order valence-electron chi connectivity index (χ3n) is 4.67. The Morgan fingerprint density at radius 3 is 2.50 bits per heavy atom. The van der Waals surface area contributed by atoms with Crippen molar-refractivity contribution in [3.05, 3.63) is 78.1 Å². The van der Waals surface area contributed by atoms with Gasteiger partial charge in [0.1, 0.15) is 5.75 Å². The third-order valence-corrected chi connectivity index (χ3v) is 5.97. The van der Waals surface area contributed by atoms with Crippen molar-refractivity contribution in [2.75, 3.05) is 12.4 Å². The number of amides is 1. The van der Waals surface area contributed by atoms with E-state index < -0.39 is 5.25 Å². The smallest absolute Gasteiger partial charge is 0.237 e. The molecule has 0 aliphatic heterocycles. The van der Waals surface area contributed by atoms with Gasteiger partial charge in [0, 0.05) is 28.7 Å². The summed E-state index contributed by atoms with van der Waals surface area (Å²) in [7, 11) is 1.57. The van der Waals surface area contributed by atoms with Crippen LogP contribution in [-0.2, 0) is 4.79 Å². The lowest BCUT2D eigenvalue weighted by Crippen LogP contribution is -2.23. The Balaban J connectivity index is 1.64. The number of aromatic nitrogens is 4. The molecule has 0 saturated carbocycles. The molecule has 9 heteroatoms. The highest BCUT2D eigenvalue weighted by Crippen LogP contribution is 2.31. The van der Waals surface area contributed by atoms with Crippen LogP contribution >= 0.6 is 23.4 Å². The predicted octanol–water partition coefficient (Wildman–Crippen LogP) is 5.11. The number of nitrogens with zero attached hydrogens (tertiary/aromatic N) is 4. The molecule has 0 fully saturated rings. The van der Waals surface area contributed by atoms with Gasteiger partial charge in [-0.25, -0.2) is 0 Å². The zero-order valence-electron chi connectivity index (χ0n) is 17.4. The van der Waals surface area contributed by atoms with Gasteiger partial charge in [-0.3, -0.25) is 14.3 Å². The van der Waals surface area contributed by atoms with Crippen molar-refractivity contribution in [1.29, 1.82) is 0 Å². The van der Waals surface area contributed by atoms with E-state index >= 15 is 0 Å². The summed E-state index contributed by atoms with van der Waals surface area (Å²) >= 11 is 7.39. The molecular weight excluding hydrogens is 446 g/mol. The molecule has 2 aromatic carbocycles. The molecule has 32 heavy (non-hydrogen) atoms. The highest BCUT2D eigenvalue weighted by molar-refractivity contribution is 8.00. The van der Waals surface area contributed by atoms with E-state index in [2.05, 4.69) is 20.5 Å². The second-order valence-electron chi connectivity index (χ2n) is 6.80. The maximum absolute atomic E-state index is 12.9. The molecule has 0 aliphatic carbocycles. The molecule has 0 saturated heterocycles. The molecule has 1 N–H and O–H groups in total. The predicted molar refractivity (Wildman–Crippen MR) is 127 cm³/mol. The molecule has 0 spiro atoms. The van der Waals surface area contributed by atoms with Crippen LogP contribution in [0, 0.1) is 0 Å². The molecular formula is C23H20ClN5O2S. The van der Waals surface area contributed by atoms with Gasteiger partial charge in [0.25, 0.3) is 0 Å². The van der Waals surface area contributed by atoms with Crippen LogP contribution in [0.3, 0.4) is 0 Å². The van der Waals surface area contributed by atoms with Gasteiger partial charge < -0.3 is 10.1 Å². The van der Waals surface area contributed by atoms with E-state index in [1.807, 2.05) is 47.9 Å². The van der Waals surface area contributed by atoms with E-state index in [0.717, 1.165) is 11.3 Å². The molecule has 0 radical (unpaired) electrons. The summed E-state index contributed by atoms with van der Waals surface area (Å²) in [6, 6.07) is 18.4. The van der Waals surface area contributed by atoms with E-state index in [-0.39, 0.29) is 5.91 Å². The lowest BCUT2D eigenvalue weighted by molar-refractivity contribution is -0.115. The normalized spacial score (nSPS) is 11.7. The van der Waals surface area contributed by atoms with Crippen LogP contribution in [-0.4, -0.2) is 38.0 Å². The van der Waals surface area contributed by atoms with Crippen molar-refractivity contribution in [2.45, 2.75) is 17.3 Å². The Bertz CT molecular complexity index is 1210. The van der Waals surface area contributed by atoms with Crippen molar-refractivity contribution in [2.24, 2.45) is 0 Å². The van der Waals surface area contributed by atoms with E-state index in [1.54, 1.807) is 43.8 Å². The van der Waals surface area contributed by atoms with Gasteiger partial charge in [0.05, 0.1) is 18.0 Å². The number of ether oxygens (including phenoxy) is 1. The van der Waals surface area contributed by atoms with Crippen molar-refractivity contribution >= 4 is 35.0 Å².